The Morgan fingerprint density at radius 2 is 1.75 bits per heavy atom. The zero-order valence-corrected chi connectivity index (χ0v) is 15.2. The van der Waals surface area contributed by atoms with Crippen LogP contribution in [0.2, 0.25) is 0 Å². The molecule has 0 atom stereocenters. The molecule has 4 nitrogen and oxygen atoms in total. The Bertz CT molecular complexity index is 576. The van der Waals surface area contributed by atoms with Gasteiger partial charge in [-0.2, -0.15) is 0 Å². The van der Waals surface area contributed by atoms with Gasteiger partial charge in [0.25, 0.3) is 0 Å². The average molecular weight is 330 g/mol. The fraction of sp³-hybridized carbons (Fsp3) is 0.650. The molecule has 0 radical (unpaired) electrons. The number of nitrogens with one attached hydrogen (secondary N) is 2. The van der Waals surface area contributed by atoms with Gasteiger partial charge >= 0.3 is 0 Å². The molecule has 0 aromatic heterocycles. The van der Waals surface area contributed by atoms with Gasteiger partial charge in [-0.25, -0.2) is 0 Å². The van der Waals surface area contributed by atoms with Gasteiger partial charge in [0.2, 0.25) is 5.91 Å². The number of piperidine rings is 1. The minimum Gasteiger partial charge on any atom is -0.384 e. The van der Waals surface area contributed by atoms with E-state index in [1.54, 1.807) is 7.11 Å². The van der Waals surface area contributed by atoms with E-state index in [0.29, 0.717) is 13.2 Å². The summed E-state index contributed by atoms with van der Waals surface area (Å²) in [4.78, 5) is 13.0. The highest BCUT2D eigenvalue weighted by atomic mass is 16.5. The van der Waals surface area contributed by atoms with Gasteiger partial charge in [-0.15, -0.1) is 0 Å². The maximum Gasteiger partial charge on any atom is 0.230 e. The van der Waals surface area contributed by atoms with E-state index >= 15 is 0 Å². The summed E-state index contributed by atoms with van der Waals surface area (Å²) in [5, 5.41) is 6.67. The van der Waals surface area contributed by atoms with Gasteiger partial charge in [0.1, 0.15) is 0 Å². The molecule has 1 aliphatic heterocycles. The summed E-state index contributed by atoms with van der Waals surface area (Å²) < 4.78 is 5.46. The minimum atomic E-state index is -0.294. The summed E-state index contributed by atoms with van der Waals surface area (Å²) in [5.74, 6) is 0.196. The first-order chi connectivity index (χ1) is 11.5. The van der Waals surface area contributed by atoms with Gasteiger partial charge in [0.15, 0.2) is 0 Å². The molecule has 2 fully saturated rings. The first-order valence-corrected chi connectivity index (χ1v) is 9.07. The van der Waals surface area contributed by atoms with Gasteiger partial charge in [-0.3, -0.25) is 4.79 Å². The third kappa shape index (κ3) is 3.50. The van der Waals surface area contributed by atoms with Crippen LogP contribution in [0.15, 0.2) is 18.2 Å². The number of benzene rings is 1. The predicted molar refractivity (Wildman–Crippen MR) is 96.3 cm³/mol. The average Bonchev–Trinajstić information content (AvgIpc) is 3.35. The van der Waals surface area contributed by atoms with E-state index in [1.807, 2.05) is 0 Å². The van der Waals surface area contributed by atoms with Gasteiger partial charge in [-0.1, -0.05) is 29.3 Å². The molecule has 1 amide bonds. The number of amides is 1. The van der Waals surface area contributed by atoms with Crippen molar-refractivity contribution in [3.8, 4) is 0 Å². The molecule has 132 valence electrons. The first kappa shape index (κ1) is 17.4. The van der Waals surface area contributed by atoms with E-state index in [1.165, 1.54) is 16.7 Å². The molecule has 1 aliphatic carbocycles. The molecule has 0 bridgehead atoms. The largest absolute Gasteiger partial charge is 0.384 e. The molecule has 4 heteroatoms. The van der Waals surface area contributed by atoms with Gasteiger partial charge in [-0.05, 0) is 58.2 Å². The maximum atomic E-state index is 13.0. The monoisotopic (exact) mass is 330 g/mol. The Kier molecular flexibility index (Phi) is 4.97. The fourth-order valence-corrected chi connectivity index (χ4v) is 4.10. The van der Waals surface area contributed by atoms with Gasteiger partial charge in [0, 0.05) is 19.1 Å². The lowest BCUT2D eigenvalue weighted by molar-refractivity contribution is -0.124. The van der Waals surface area contributed by atoms with Crippen LogP contribution in [-0.4, -0.2) is 39.3 Å². The highest BCUT2D eigenvalue weighted by Crippen LogP contribution is 2.49. The molecule has 2 aliphatic rings. The number of methoxy groups -OCH3 is 1. The Morgan fingerprint density at radius 1 is 1.12 bits per heavy atom. The van der Waals surface area contributed by atoms with Crippen molar-refractivity contribution in [2.45, 2.75) is 44.9 Å². The van der Waals surface area contributed by atoms with Crippen LogP contribution < -0.4 is 10.6 Å². The minimum absolute atomic E-state index is 0.0776. The second kappa shape index (κ2) is 6.85. The molecule has 0 unspecified atom stereocenters. The molecule has 0 spiro atoms. The van der Waals surface area contributed by atoms with Crippen molar-refractivity contribution in [2.75, 3.05) is 33.4 Å². The molecule has 1 aromatic carbocycles. The molecule has 1 heterocycles. The lowest BCUT2D eigenvalue weighted by Crippen LogP contribution is -2.49. The van der Waals surface area contributed by atoms with E-state index in [-0.39, 0.29) is 16.7 Å². The summed E-state index contributed by atoms with van der Waals surface area (Å²) in [6.07, 6.45) is 4.02. The maximum absolute atomic E-state index is 13.0. The van der Waals surface area contributed by atoms with Crippen molar-refractivity contribution in [1.29, 1.82) is 0 Å². The number of rotatable bonds is 6. The zero-order valence-electron chi connectivity index (χ0n) is 15.2. The van der Waals surface area contributed by atoms with E-state index in [4.69, 9.17) is 4.74 Å². The second-order valence-corrected chi connectivity index (χ2v) is 7.82. The first-order valence-electron chi connectivity index (χ1n) is 9.07. The normalized spacial score (nSPS) is 21.3. The number of aryl methyl sites for hydroxylation is 2. The fourth-order valence-electron chi connectivity index (χ4n) is 4.10. The number of carbonyl (C=O) groups is 1. The lowest BCUT2D eigenvalue weighted by Gasteiger charge is -2.37. The Labute approximate surface area is 145 Å². The van der Waals surface area contributed by atoms with Crippen molar-refractivity contribution < 1.29 is 9.53 Å². The van der Waals surface area contributed by atoms with Crippen molar-refractivity contribution in [1.82, 2.24) is 10.6 Å². The smallest absolute Gasteiger partial charge is 0.230 e. The van der Waals surface area contributed by atoms with Gasteiger partial charge < -0.3 is 15.4 Å². The second-order valence-electron chi connectivity index (χ2n) is 7.82. The summed E-state index contributed by atoms with van der Waals surface area (Å²) in [6, 6.07) is 6.52. The number of hydrogen-bond donors (Lipinski definition) is 2. The molecule has 2 N–H and O–H groups in total. The van der Waals surface area contributed by atoms with Crippen LogP contribution in [0.5, 0.6) is 0 Å². The lowest BCUT2D eigenvalue weighted by atomic mass is 9.79. The van der Waals surface area contributed by atoms with Crippen molar-refractivity contribution in [3.63, 3.8) is 0 Å². The van der Waals surface area contributed by atoms with Crippen LogP contribution >= 0.6 is 0 Å². The summed E-state index contributed by atoms with van der Waals surface area (Å²) in [6.45, 7) is 7.64. The number of ether oxygens (including phenoxy) is 1. The third-order valence-corrected chi connectivity index (χ3v) is 5.70. The van der Waals surface area contributed by atoms with E-state index in [9.17, 15) is 4.79 Å². The molecular formula is C20H30N2O2. The topological polar surface area (TPSA) is 50.4 Å². The highest BCUT2D eigenvalue weighted by Gasteiger charge is 2.51. The van der Waals surface area contributed by atoms with E-state index < -0.39 is 0 Å². The van der Waals surface area contributed by atoms with Crippen LogP contribution in [0.4, 0.5) is 0 Å². The Balaban J connectivity index is 1.70. The van der Waals surface area contributed by atoms with Crippen molar-refractivity contribution in [2.24, 2.45) is 5.41 Å². The van der Waals surface area contributed by atoms with E-state index in [2.05, 4.69) is 42.7 Å². The standard InChI is InChI=1S/C20H30N2O2/c1-15-10-16(2)12-17(11-15)20(4-5-20)18(23)22-13-19(14-24-3)6-8-21-9-7-19/h10-12,21H,4-9,13-14H2,1-3H3,(H,22,23). The molecule has 1 aromatic rings. The van der Waals surface area contributed by atoms with Gasteiger partial charge in [0.05, 0.1) is 12.0 Å². The SMILES string of the molecule is COCC1(CNC(=O)C2(c3cc(C)cc(C)c3)CC2)CCNCC1. The summed E-state index contributed by atoms with van der Waals surface area (Å²) >= 11 is 0. The van der Waals surface area contributed by atoms with Crippen LogP contribution in [-0.2, 0) is 14.9 Å². The molecule has 1 saturated heterocycles. The third-order valence-electron chi connectivity index (χ3n) is 5.70. The zero-order chi connectivity index (χ0) is 17.2. The van der Waals surface area contributed by atoms with Crippen molar-refractivity contribution in [3.05, 3.63) is 34.9 Å². The summed E-state index contributed by atoms with van der Waals surface area (Å²) in [7, 11) is 1.75. The number of carbonyl (C=O) groups excluding carboxylic acids is 1. The number of hydrogen-bond acceptors (Lipinski definition) is 3. The summed E-state index contributed by atoms with van der Waals surface area (Å²) in [5.41, 5.74) is 3.44. The van der Waals surface area contributed by atoms with Crippen LogP contribution in [0, 0.1) is 19.3 Å². The molecule has 24 heavy (non-hydrogen) atoms. The van der Waals surface area contributed by atoms with Crippen LogP contribution in [0.1, 0.15) is 42.4 Å². The van der Waals surface area contributed by atoms with Crippen LogP contribution in [0.3, 0.4) is 0 Å². The van der Waals surface area contributed by atoms with Crippen molar-refractivity contribution >= 4 is 5.91 Å². The molecule has 3 rings (SSSR count). The quantitative estimate of drug-likeness (QED) is 0.842. The predicted octanol–water partition coefficient (Wildman–Crippen LogP) is 2.47. The van der Waals surface area contributed by atoms with E-state index in [0.717, 1.165) is 38.8 Å². The Hall–Kier alpha value is -1.39. The Morgan fingerprint density at radius 3 is 2.29 bits per heavy atom. The molecule has 1 saturated carbocycles. The highest BCUT2D eigenvalue weighted by molar-refractivity contribution is 5.91. The molecular weight excluding hydrogens is 300 g/mol. The van der Waals surface area contributed by atoms with Crippen LogP contribution in [0.25, 0.3) is 0 Å².